The van der Waals surface area contributed by atoms with Crippen molar-refractivity contribution in [2.75, 3.05) is 20.3 Å². The summed E-state index contributed by atoms with van der Waals surface area (Å²) in [4.78, 5) is 35.7. The molecule has 2 amide bonds. The lowest BCUT2D eigenvalue weighted by Gasteiger charge is -2.25. The minimum absolute atomic E-state index is 0.189. The normalized spacial score (nSPS) is 12.4. The van der Waals surface area contributed by atoms with Gasteiger partial charge in [0.25, 0.3) is 0 Å². The van der Waals surface area contributed by atoms with E-state index in [2.05, 4.69) is 11.9 Å². The first-order valence-corrected chi connectivity index (χ1v) is 7.06. The average molecular weight is 314 g/mol. The van der Waals surface area contributed by atoms with E-state index in [0.29, 0.717) is 6.42 Å². The highest BCUT2D eigenvalue weighted by molar-refractivity contribution is 5.83. The van der Waals surface area contributed by atoms with Gasteiger partial charge in [0.2, 0.25) is 11.8 Å². The van der Waals surface area contributed by atoms with Crippen molar-refractivity contribution in [2.45, 2.75) is 45.2 Å². The quantitative estimate of drug-likeness (QED) is 0.614. The second-order valence-corrected chi connectivity index (χ2v) is 6.00. The van der Waals surface area contributed by atoms with E-state index in [1.165, 1.54) is 7.05 Å². The number of hydrogen-bond donors (Lipinski definition) is 2. The Morgan fingerprint density at radius 3 is 2.41 bits per heavy atom. The second kappa shape index (κ2) is 9.19. The van der Waals surface area contributed by atoms with Crippen LogP contribution in [0.15, 0.2) is 12.7 Å². The van der Waals surface area contributed by atoms with Crippen LogP contribution in [0, 0.1) is 0 Å². The number of carboxylic acids is 1. The van der Waals surface area contributed by atoms with E-state index in [-0.39, 0.29) is 37.0 Å². The summed E-state index contributed by atoms with van der Waals surface area (Å²) in [6.45, 7) is 8.50. The first-order chi connectivity index (χ1) is 10.1. The molecule has 1 atom stereocenters. The summed E-state index contributed by atoms with van der Waals surface area (Å²) in [6.07, 6.45) is 2.26. The Labute approximate surface area is 131 Å². The van der Waals surface area contributed by atoms with Crippen molar-refractivity contribution in [2.24, 2.45) is 0 Å². The molecular formula is C15H26N2O5. The van der Waals surface area contributed by atoms with Crippen LogP contribution in [0.4, 0.5) is 0 Å². The highest BCUT2D eigenvalue weighted by Crippen LogP contribution is 2.04. The smallest absolute Gasteiger partial charge is 0.328 e. The third-order valence-electron chi connectivity index (χ3n) is 2.73. The summed E-state index contributed by atoms with van der Waals surface area (Å²) < 4.78 is 5.13. The molecule has 7 heteroatoms. The van der Waals surface area contributed by atoms with Gasteiger partial charge in [-0.1, -0.05) is 6.08 Å². The van der Waals surface area contributed by atoms with Crippen LogP contribution in [-0.2, 0) is 19.1 Å². The number of ether oxygens (including phenoxy) is 1. The molecule has 0 saturated carbocycles. The molecule has 126 valence electrons. The van der Waals surface area contributed by atoms with Crippen LogP contribution in [0.5, 0.6) is 0 Å². The predicted molar refractivity (Wildman–Crippen MR) is 82.3 cm³/mol. The highest BCUT2D eigenvalue weighted by atomic mass is 16.5. The zero-order chi connectivity index (χ0) is 17.3. The van der Waals surface area contributed by atoms with Crippen molar-refractivity contribution in [1.82, 2.24) is 10.2 Å². The largest absolute Gasteiger partial charge is 0.480 e. The molecular weight excluding hydrogens is 288 g/mol. The number of aliphatic carboxylic acids is 1. The SMILES string of the molecule is C=CCCC(=O)N(C)[C@@H](COCC(=O)NC(C)(C)C)C(=O)O. The number of carbonyl (C=O) groups is 3. The van der Waals surface area contributed by atoms with Gasteiger partial charge >= 0.3 is 5.97 Å². The zero-order valence-electron chi connectivity index (χ0n) is 13.7. The molecule has 7 nitrogen and oxygen atoms in total. The van der Waals surface area contributed by atoms with Gasteiger partial charge in [0.15, 0.2) is 6.04 Å². The van der Waals surface area contributed by atoms with Crippen LogP contribution in [0.3, 0.4) is 0 Å². The molecule has 0 aliphatic heterocycles. The Morgan fingerprint density at radius 1 is 1.36 bits per heavy atom. The Balaban J connectivity index is 4.42. The fourth-order valence-corrected chi connectivity index (χ4v) is 1.64. The molecule has 22 heavy (non-hydrogen) atoms. The number of amides is 2. The van der Waals surface area contributed by atoms with Crippen LogP contribution < -0.4 is 5.32 Å². The van der Waals surface area contributed by atoms with E-state index in [4.69, 9.17) is 4.74 Å². The van der Waals surface area contributed by atoms with Gasteiger partial charge in [0.1, 0.15) is 6.61 Å². The van der Waals surface area contributed by atoms with Gasteiger partial charge < -0.3 is 20.1 Å². The van der Waals surface area contributed by atoms with Crippen LogP contribution in [-0.4, -0.2) is 59.6 Å². The molecule has 2 N–H and O–H groups in total. The van der Waals surface area contributed by atoms with Gasteiger partial charge in [-0.3, -0.25) is 9.59 Å². The summed E-state index contributed by atoms with van der Waals surface area (Å²) in [5.74, 6) is -1.82. The van der Waals surface area contributed by atoms with Crippen molar-refractivity contribution < 1.29 is 24.2 Å². The monoisotopic (exact) mass is 314 g/mol. The molecule has 0 aliphatic rings. The number of carboxylic acid groups (broad SMARTS) is 1. The molecule has 0 heterocycles. The number of likely N-dealkylation sites (N-methyl/N-ethyl adjacent to an activating group) is 1. The van der Waals surface area contributed by atoms with Gasteiger partial charge in [0.05, 0.1) is 6.61 Å². The van der Waals surface area contributed by atoms with Crippen molar-refractivity contribution in [1.29, 1.82) is 0 Å². The Morgan fingerprint density at radius 2 is 1.95 bits per heavy atom. The molecule has 0 aromatic heterocycles. The number of nitrogens with one attached hydrogen (secondary N) is 1. The van der Waals surface area contributed by atoms with E-state index < -0.39 is 12.0 Å². The maximum absolute atomic E-state index is 11.8. The van der Waals surface area contributed by atoms with Crippen molar-refractivity contribution in [3.8, 4) is 0 Å². The van der Waals surface area contributed by atoms with Crippen molar-refractivity contribution in [3.63, 3.8) is 0 Å². The molecule has 0 aromatic rings. The lowest BCUT2D eigenvalue weighted by molar-refractivity contribution is -0.152. The number of carbonyl (C=O) groups excluding carboxylic acids is 2. The first kappa shape index (κ1) is 20.1. The maximum Gasteiger partial charge on any atom is 0.328 e. The van der Waals surface area contributed by atoms with Gasteiger partial charge in [-0.25, -0.2) is 4.79 Å². The van der Waals surface area contributed by atoms with E-state index in [0.717, 1.165) is 4.90 Å². The maximum atomic E-state index is 11.8. The minimum atomic E-state index is -1.18. The third kappa shape index (κ3) is 8.41. The summed E-state index contributed by atoms with van der Waals surface area (Å²) >= 11 is 0. The minimum Gasteiger partial charge on any atom is -0.480 e. The lowest BCUT2D eigenvalue weighted by Crippen LogP contribution is -2.47. The van der Waals surface area contributed by atoms with E-state index in [9.17, 15) is 19.5 Å². The zero-order valence-corrected chi connectivity index (χ0v) is 13.7. The summed E-state index contributed by atoms with van der Waals surface area (Å²) in [6, 6.07) is -1.13. The Bertz CT molecular complexity index is 415. The summed E-state index contributed by atoms with van der Waals surface area (Å²) in [7, 11) is 1.41. The fourth-order valence-electron chi connectivity index (χ4n) is 1.64. The second-order valence-electron chi connectivity index (χ2n) is 6.00. The van der Waals surface area contributed by atoms with Gasteiger partial charge in [-0.05, 0) is 27.2 Å². The van der Waals surface area contributed by atoms with Gasteiger partial charge in [-0.2, -0.15) is 0 Å². The van der Waals surface area contributed by atoms with Crippen LogP contribution in [0.25, 0.3) is 0 Å². The molecule has 0 spiro atoms. The number of hydrogen-bond acceptors (Lipinski definition) is 4. The lowest BCUT2D eigenvalue weighted by atomic mass is 10.1. The van der Waals surface area contributed by atoms with E-state index in [1.807, 2.05) is 20.8 Å². The molecule has 0 rings (SSSR count). The molecule has 0 bridgehead atoms. The molecule has 0 unspecified atom stereocenters. The molecule has 0 aromatic carbocycles. The van der Waals surface area contributed by atoms with Gasteiger partial charge in [0, 0.05) is 19.0 Å². The predicted octanol–water partition coefficient (Wildman–Crippen LogP) is 0.796. The van der Waals surface area contributed by atoms with Crippen molar-refractivity contribution in [3.05, 3.63) is 12.7 Å². The fraction of sp³-hybridized carbons (Fsp3) is 0.667. The third-order valence-corrected chi connectivity index (χ3v) is 2.73. The van der Waals surface area contributed by atoms with Crippen LogP contribution in [0.1, 0.15) is 33.6 Å². The Kier molecular flexibility index (Phi) is 8.40. The summed E-state index contributed by atoms with van der Waals surface area (Å²) in [5, 5.41) is 11.9. The number of rotatable bonds is 9. The highest BCUT2D eigenvalue weighted by Gasteiger charge is 2.26. The van der Waals surface area contributed by atoms with E-state index >= 15 is 0 Å². The standard InChI is InChI=1S/C15H26N2O5/c1-6-7-8-13(19)17(5)11(14(20)21)9-22-10-12(18)16-15(2,3)4/h6,11H,1,7-10H2,2-5H3,(H,16,18)(H,20,21)/t11-/m0/s1. The van der Waals surface area contributed by atoms with Crippen molar-refractivity contribution >= 4 is 17.8 Å². The first-order valence-electron chi connectivity index (χ1n) is 7.06. The van der Waals surface area contributed by atoms with E-state index in [1.54, 1.807) is 6.08 Å². The molecule has 0 aliphatic carbocycles. The van der Waals surface area contributed by atoms with Gasteiger partial charge in [-0.15, -0.1) is 6.58 Å². The number of allylic oxidation sites excluding steroid dienone is 1. The topological polar surface area (TPSA) is 95.9 Å². The number of nitrogens with zero attached hydrogens (tertiary/aromatic N) is 1. The van der Waals surface area contributed by atoms with Crippen LogP contribution >= 0.6 is 0 Å². The summed E-state index contributed by atoms with van der Waals surface area (Å²) in [5.41, 5.74) is -0.385. The molecule has 0 radical (unpaired) electrons. The molecule has 0 saturated heterocycles. The van der Waals surface area contributed by atoms with Crippen LogP contribution in [0.2, 0.25) is 0 Å². The molecule has 0 fully saturated rings. The Hall–Kier alpha value is -1.89. The average Bonchev–Trinajstić information content (AvgIpc) is 2.37.